The molecular formula is C21H28N4O3. The second kappa shape index (κ2) is 6.97. The predicted molar refractivity (Wildman–Crippen MR) is 104 cm³/mol. The summed E-state index contributed by atoms with van der Waals surface area (Å²) in [5.74, 6) is -0.767. The number of fused-ring (bicyclic) bond motifs is 1. The maximum atomic E-state index is 12.8. The molecule has 3 N–H and O–H groups in total. The minimum atomic E-state index is -0.568. The van der Waals surface area contributed by atoms with E-state index in [0.29, 0.717) is 31.1 Å². The fraction of sp³-hybridized carbons (Fsp3) is 0.571. The van der Waals surface area contributed by atoms with Crippen LogP contribution in [0.1, 0.15) is 54.6 Å². The number of hydrogen-bond acceptors (Lipinski definition) is 5. The van der Waals surface area contributed by atoms with Gasteiger partial charge in [-0.1, -0.05) is 26.0 Å². The number of carbonyl (C=O) groups is 3. The Morgan fingerprint density at radius 1 is 1.25 bits per heavy atom. The lowest BCUT2D eigenvalue weighted by Crippen LogP contribution is -2.52. The molecule has 3 aliphatic rings. The lowest BCUT2D eigenvalue weighted by molar-refractivity contribution is -0.136. The number of nitrogens with zero attached hydrogens (tertiary/aromatic N) is 2. The normalized spacial score (nSPS) is 27.2. The Hall–Kier alpha value is -2.25. The zero-order valence-corrected chi connectivity index (χ0v) is 16.5. The van der Waals surface area contributed by atoms with Crippen molar-refractivity contribution < 1.29 is 14.4 Å². The van der Waals surface area contributed by atoms with E-state index in [1.54, 1.807) is 4.90 Å². The molecule has 0 bridgehead atoms. The molecule has 3 aliphatic heterocycles. The van der Waals surface area contributed by atoms with Gasteiger partial charge in [0.2, 0.25) is 11.8 Å². The quantitative estimate of drug-likeness (QED) is 0.756. The monoisotopic (exact) mass is 384 g/mol. The summed E-state index contributed by atoms with van der Waals surface area (Å²) in [7, 11) is 0. The Labute approximate surface area is 165 Å². The van der Waals surface area contributed by atoms with Crippen molar-refractivity contribution in [3.05, 3.63) is 34.9 Å². The van der Waals surface area contributed by atoms with Gasteiger partial charge in [-0.2, -0.15) is 0 Å². The molecule has 7 heteroatoms. The largest absolute Gasteiger partial charge is 0.329 e. The van der Waals surface area contributed by atoms with Crippen LogP contribution in [0.15, 0.2) is 18.2 Å². The lowest BCUT2D eigenvalue weighted by atomic mass is 9.91. The van der Waals surface area contributed by atoms with E-state index in [1.165, 1.54) is 0 Å². The number of nitrogens with two attached hydrogens (primary N) is 1. The van der Waals surface area contributed by atoms with Crippen LogP contribution in [-0.4, -0.2) is 52.7 Å². The molecule has 0 radical (unpaired) electrons. The van der Waals surface area contributed by atoms with Gasteiger partial charge in [0.05, 0.1) is 0 Å². The van der Waals surface area contributed by atoms with Crippen LogP contribution < -0.4 is 11.1 Å². The number of carbonyl (C=O) groups excluding carboxylic acids is 3. The van der Waals surface area contributed by atoms with Crippen molar-refractivity contribution in [1.29, 1.82) is 0 Å². The standard InChI is InChI=1S/C21H28N4O3/c1-21(2)8-15(9-22)24(12-21)10-13-3-4-16-14(7-13)11-25(20(16)28)17-5-6-18(26)23-19(17)27/h3-4,7,15,17H,5-6,8-12,22H2,1-2H3,(H,23,26,27). The van der Waals surface area contributed by atoms with E-state index in [4.69, 9.17) is 5.73 Å². The van der Waals surface area contributed by atoms with E-state index in [-0.39, 0.29) is 29.6 Å². The van der Waals surface area contributed by atoms with Crippen molar-refractivity contribution in [2.45, 2.75) is 58.3 Å². The van der Waals surface area contributed by atoms with Crippen molar-refractivity contribution in [3.8, 4) is 0 Å². The molecule has 2 saturated heterocycles. The van der Waals surface area contributed by atoms with Gasteiger partial charge in [0.15, 0.2) is 0 Å². The highest BCUT2D eigenvalue weighted by Gasteiger charge is 2.40. The second-order valence-electron chi connectivity index (χ2n) is 9.05. The number of rotatable bonds is 4. The Kier molecular flexibility index (Phi) is 4.75. The molecule has 2 unspecified atom stereocenters. The number of nitrogens with one attached hydrogen (secondary N) is 1. The minimum absolute atomic E-state index is 0.127. The van der Waals surface area contributed by atoms with Crippen LogP contribution in [0, 0.1) is 5.41 Å². The fourth-order valence-corrected chi connectivity index (χ4v) is 4.89. The van der Waals surface area contributed by atoms with Gasteiger partial charge in [0, 0.05) is 44.2 Å². The van der Waals surface area contributed by atoms with Crippen LogP contribution in [0.3, 0.4) is 0 Å². The van der Waals surface area contributed by atoms with Crippen LogP contribution in [0.4, 0.5) is 0 Å². The van der Waals surface area contributed by atoms with Crippen LogP contribution >= 0.6 is 0 Å². The average molecular weight is 384 g/mol. The molecule has 1 aromatic rings. The number of likely N-dealkylation sites (tertiary alicyclic amines) is 1. The summed E-state index contributed by atoms with van der Waals surface area (Å²) in [6.07, 6.45) is 1.75. The molecule has 3 heterocycles. The lowest BCUT2D eigenvalue weighted by Gasteiger charge is -2.29. The molecule has 0 aromatic heterocycles. The predicted octanol–water partition coefficient (Wildman–Crippen LogP) is 1.01. The van der Waals surface area contributed by atoms with Crippen molar-refractivity contribution in [3.63, 3.8) is 0 Å². The van der Waals surface area contributed by atoms with Gasteiger partial charge in [0.1, 0.15) is 6.04 Å². The first-order valence-electron chi connectivity index (χ1n) is 9.98. The van der Waals surface area contributed by atoms with Gasteiger partial charge in [-0.3, -0.25) is 24.6 Å². The van der Waals surface area contributed by atoms with Gasteiger partial charge in [-0.25, -0.2) is 0 Å². The zero-order chi connectivity index (χ0) is 20.1. The SMILES string of the molecule is CC1(C)CC(CN)N(Cc2ccc3c(c2)CN(C2CCC(=O)NC2=O)C3=O)C1. The molecule has 3 amide bonds. The van der Waals surface area contributed by atoms with E-state index in [0.717, 1.165) is 30.6 Å². The number of imide groups is 1. The average Bonchev–Trinajstić information content (AvgIpc) is 3.10. The van der Waals surface area contributed by atoms with Gasteiger partial charge < -0.3 is 10.6 Å². The smallest absolute Gasteiger partial charge is 0.255 e. The maximum absolute atomic E-state index is 12.8. The third-order valence-corrected chi connectivity index (χ3v) is 6.18. The second-order valence-corrected chi connectivity index (χ2v) is 9.05. The molecule has 0 aliphatic carbocycles. The third kappa shape index (κ3) is 3.44. The number of benzene rings is 1. The Morgan fingerprint density at radius 3 is 2.75 bits per heavy atom. The van der Waals surface area contributed by atoms with Crippen LogP contribution in [0.5, 0.6) is 0 Å². The summed E-state index contributed by atoms with van der Waals surface area (Å²) < 4.78 is 0. The maximum Gasteiger partial charge on any atom is 0.255 e. The number of hydrogen-bond donors (Lipinski definition) is 2. The summed E-state index contributed by atoms with van der Waals surface area (Å²) >= 11 is 0. The Bertz CT molecular complexity index is 835. The first-order chi connectivity index (χ1) is 13.3. The highest BCUT2D eigenvalue weighted by atomic mass is 16.2. The number of piperidine rings is 1. The van der Waals surface area contributed by atoms with Gasteiger partial charge in [0.25, 0.3) is 5.91 Å². The molecule has 28 heavy (non-hydrogen) atoms. The fourth-order valence-electron chi connectivity index (χ4n) is 4.89. The van der Waals surface area contributed by atoms with E-state index in [2.05, 4.69) is 30.1 Å². The third-order valence-electron chi connectivity index (χ3n) is 6.18. The van der Waals surface area contributed by atoms with Crippen LogP contribution in [-0.2, 0) is 22.7 Å². The Balaban J connectivity index is 1.50. The molecule has 2 fully saturated rings. The molecule has 4 rings (SSSR count). The zero-order valence-electron chi connectivity index (χ0n) is 16.5. The van der Waals surface area contributed by atoms with E-state index in [1.807, 2.05) is 12.1 Å². The highest BCUT2D eigenvalue weighted by Crippen LogP contribution is 2.35. The molecular weight excluding hydrogens is 356 g/mol. The van der Waals surface area contributed by atoms with E-state index < -0.39 is 6.04 Å². The van der Waals surface area contributed by atoms with Gasteiger partial charge in [-0.05, 0) is 35.4 Å². The summed E-state index contributed by atoms with van der Waals surface area (Å²) in [5, 5.41) is 2.34. The van der Waals surface area contributed by atoms with Crippen molar-refractivity contribution in [1.82, 2.24) is 15.1 Å². The van der Waals surface area contributed by atoms with Gasteiger partial charge in [-0.15, -0.1) is 0 Å². The van der Waals surface area contributed by atoms with Crippen molar-refractivity contribution in [2.75, 3.05) is 13.1 Å². The molecule has 0 spiro atoms. The molecule has 7 nitrogen and oxygen atoms in total. The molecule has 0 saturated carbocycles. The van der Waals surface area contributed by atoms with Crippen LogP contribution in [0.2, 0.25) is 0 Å². The highest BCUT2D eigenvalue weighted by molar-refractivity contribution is 6.05. The Morgan fingerprint density at radius 2 is 2.04 bits per heavy atom. The van der Waals surface area contributed by atoms with E-state index in [9.17, 15) is 14.4 Å². The van der Waals surface area contributed by atoms with Crippen LogP contribution in [0.25, 0.3) is 0 Å². The number of amides is 3. The first kappa shape index (κ1) is 19.1. The topological polar surface area (TPSA) is 95.7 Å². The summed E-state index contributed by atoms with van der Waals surface area (Å²) in [6, 6.07) is 5.77. The van der Waals surface area contributed by atoms with Gasteiger partial charge >= 0.3 is 0 Å². The summed E-state index contributed by atoms with van der Waals surface area (Å²) in [4.78, 5) is 40.4. The molecule has 2 atom stereocenters. The summed E-state index contributed by atoms with van der Waals surface area (Å²) in [6.45, 7) is 7.43. The minimum Gasteiger partial charge on any atom is -0.329 e. The molecule has 1 aromatic carbocycles. The first-order valence-corrected chi connectivity index (χ1v) is 9.98. The van der Waals surface area contributed by atoms with Crippen molar-refractivity contribution in [2.24, 2.45) is 11.1 Å². The van der Waals surface area contributed by atoms with E-state index >= 15 is 0 Å². The van der Waals surface area contributed by atoms with Crippen molar-refractivity contribution >= 4 is 17.7 Å². The molecule has 150 valence electrons. The summed E-state index contributed by atoms with van der Waals surface area (Å²) in [5.41, 5.74) is 9.01.